The van der Waals surface area contributed by atoms with E-state index in [-0.39, 0.29) is 0 Å². The predicted molar refractivity (Wildman–Crippen MR) is 78.0 cm³/mol. The Bertz CT molecular complexity index is 499. The molecule has 0 radical (unpaired) electrons. The van der Waals surface area contributed by atoms with Gasteiger partial charge in [0.1, 0.15) is 5.82 Å². The summed E-state index contributed by atoms with van der Waals surface area (Å²) in [7, 11) is 1.95. The quantitative estimate of drug-likeness (QED) is 0.860. The first-order valence-corrected chi connectivity index (χ1v) is 6.57. The van der Waals surface area contributed by atoms with Crippen molar-refractivity contribution in [2.75, 3.05) is 18.5 Å². The van der Waals surface area contributed by atoms with Crippen LogP contribution in [0.3, 0.4) is 0 Å². The van der Waals surface area contributed by atoms with E-state index in [1.54, 1.807) is 0 Å². The summed E-state index contributed by atoms with van der Waals surface area (Å²) in [4.78, 5) is 10.8. The molecule has 2 heterocycles. The topological polar surface area (TPSA) is 41.1 Å². The van der Waals surface area contributed by atoms with Gasteiger partial charge in [-0.25, -0.2) is 4.98 Å². The normalized spacial score (nSPS) is 10.4. The number of rotatable bonds is 6. The van der Waals surface area contributed by atoms with E-state index in [1.807, 2.05) is 43.8 Å². The van der Waals surface area contributed by atoms with Crippen molar-refractivity contribution >= 4 is 5.82 Å². The van der Waals surface area contributed by atoms with Crippen LogP contribution in [0.4, 0.5) is 5.82 Å². The third kappa shape index (κ3) is 3.76. The van der Waals surface area contributed by atoms with Crippen molar-refractivity contribution in [3.05, 3.63) is 54.0 Å². The molecule has 0 bridgehead atoms. The average Bonchev–Trinajstić information content (AvgIpc) is 2.46. The molecule has 0 aromatic carbocycles. The Morgan fingerprint density at radius 2 is 1.84 bits per heavy atom. The van der Waals surface area contributed by atoms with E-state index in [0.717, 1.165) is 25.5 Å². The van der Waals surface area contributed by atoms with Gasteiger partial charge in [0.25, 0.3) is 0 Å². The molecular weight excluding hydrogens is 236 g/mol. The maximum Gasteiger partial charge on any atom is 0.129 e. The fourth-order valence-corrected chi connectivity index (χ4v) is 2.01. The van der Waals surface area contributed by atoms with Crippen LogP contribution in [0.25, 0.3) is 0 Å². The predicted octanol–water partition coefficient (Wildman–Crippen LogP) is 2.22. The third-order valence-corrected chi connectivity index (χ3v) is 3.02. The van der Waals surface area contributed by atoms with Crippen LogP contribution >= 0.6 is 0 Å². The standard InChI is InChI=1S/C15H20N4/c1-3-19(12-13-4-7-17-8-5-13)15-10-14(11-16-2)6-9-18-15/h4-10,16H,3,11-12H2,1-2H3. The van der Waals surface area contributed by atoms with Gasteiger partial charge in [-0.2, -0.15) is 0 Å². The zero-order valence-corrected chi connectivity index (χ0v) is 11.5. The van der Waals surface area contributed by atoms with Crippen molar-refractivity contribution < 1.29 is 0 Å². The van der Waals surface area contributed by atoms with E-state index >= 15 is 0 Å². The molecule has 100 valence electrons. The van der Waals surface area contributed by atoms with Gasteiger partial charge in [0.15, 0.2) is 0 Å². The molecule has 1 N–H and O–H groups in total. The van der Waals surface area contributed by atoms with Crippen molar-refractivity contribution in [2.45, 2.75) is 20.0 Å². The largest absolute Gasteiger partial charge is 0.353 e. The Kier molecular flexibility index (Phi) is 4.86. The van der Waals surface area contributed by atoms with E-state index in [9.17, 15) is 0 Å². The second-order valence-corrected chi connectivity index (χ2v) is 4.42. The number of nitrogens with zero attached hydrogens (tertiary/aromatic N) is 3. The van der Waals surface area contributed by atoms with Gasteiger partial charge >= 0.3 is 0 Å². The molecule has 2 aromatic heterocycles. The molecule has 0 amide bonds. The Balaban J connectivity index is 2.15. The van der Waals surface area contributed by atoms with Crippen molar-refractivity contribution in [3.8, 4) is 0 Å². The molecule has 0 atom stereocenters. The first-order chi connectivity index (χ1) is 9.33. The summed E-state index contributed by atoms with van der Waals surface area (Å²) < 4.78 is 0. The lowest BCUT2D eigenvalue weighted by Gasteiger charge is -2.22. The first kappa shape index (κ1) is 13.5. The van der Waals surface area contributed by atoms with E-state index in [0.29, 0.717) is 0 Å². The van der Waals surface area contributed by atoms with Crippen LogP contribution in [-0.4, -0.2) is 23.6 Å². The minimum Gasteiger partial charge on any atom is -0.353 e. The van der Waals surface area contributed by atoms with Crippen molar-refractivity contribution in [3.63, 3.8) is 0 Å². The smallest absolute Gasteiger partial charge is 0.129 e. The highest BCUT2D eigenvalue weighted by molar-refractivity contribution is 5.41. The Morgan fingerprint density at radius 1 is 1.11 bits per heavy atom. The van der Waals surface area contributed by atoms with E-state index in [2.05, 4.69) is 33.2 Å². The van der Waals surface area contributed by atoms with Gasteiger partial charge in [-0.15, -0.1) is 0 Å². The molecule has 2 aromatic rings. The van der Waals surface area contributed by atoms with Gasteiger partial charge in [-0.05, 0) is 49.4 Å². The van der Waals surface area contributed by atoms with Gasteiger partial charge in [0.05, 0.1) is 0 Å². The summed E-state index contributed by atoms with van der Waals surface area (Å²) in [6, 6.07) is 8.27. The molecule has 0 unspecified atom stereocenters. The molecule has 0 aliphatic rings. The molecule has 0 fully saturated rings. The minimum atomic E-state index is 0.856. The molecule has 0 saturated carbocycles. The lowest BCUT2D eigenvalue weighted by molar-refractivity contribution is 0.794. The molecule has 0 aliphatic heterocycles. The lowest BCUT2D eigenvalue weighted by Crippen LogP contribution is -2.23. The van der Waals surface area contributed by atoms with Crippen LogP contribution in [0.15, 0.2) is 42.9 Å². The summed E-state index contributed by atoms with van der Waals surface area (Å²) in [5.74, 6) is 1.02. The highest BCUT2D eigenvalue weighted by Gasteiger charge is 2.07. The summed E-state index contributed by atoms with van der Waals surface area (Å²) >= 11 is 0. The molecule has 0 aliphatic carbocycles. The third-order valence-electron chi connectivity index (χ3n) is 3.02. The Hall–Kier alpha value is -1.94. The SMILES string of the molecule is CCN(Cc1ccncc1)c1cc(CNC)ccn1. The molecule has 19 heavy (non-hydrogen) atoms. The Morgan fingerprint density at radius 3 is 2.53 bits per heavy atom. The summed E-state index contributed by atoms with van der Waals surface area (Å²) in [5.41, 5.74) is 2.50. The minimum absolute atomic E-state index is 0.856. The van der Waals surface area contributed by atoms with Crippen LogP contribution in [0.2, 0.25) is 0 Å². The summed E-state index contributed by atoms with van der Waals surface area (Å²) in [6.45, 7) is 4.79. The van der Waals surface area contributed by atoms with Gasteiger partial charge in [-0.3, -0.25) is 4.98 Å². The Labute approximate surface area is 114 Å². The van der Waals surface area contributed by atoms with Crippen molar-refractivity contribution in [2.24, 2.45) is 0 Å². The van der Waals surface area contributed by atoms with E-state index in [1.165, 1.54) is 11.1 Å². The highest BCUT2D eigenvalue weighted by atomic mass is 15.2. The monoisotopic (exact) mass is 256 g/mol. The first-order valence-electron chi connectivity index (χ1n) is 6.57. The maximum atomic E-state index is 4.47. The van der Waals surface area contributed by atoms with Crippen LogP contribution < -0.4 is 10.2 Å². The van der Waals surface area contributed by atoms with Crippen LogP contribution in [0.1, 0.15) is 18.1 Å². The molecular formula is C15H20N4. The highest BCUT2D eigenvalue weighted by Crippen LogP contribution is 2.15. The number of anilines is 1. The molecule has 4 heteroatoms. The zero-order chi connectivity index (χ0) is 13.5. The molecule has 0 spiro atoms. The molecule has 0 saturated heterocycles. The molecule has 4 nitrogen and oxygen atoms in total. The maximum absolute atomic E-state index is 4.47. The van der Waals surface area contributed by atoms with Crippen LogP contribution in [0.5, 0.6) is 0 Å². The average molecular weight is 256 g/mol. The molecule has 2 rings (SSSR count). The second-order valence-electron chi connectivity index (χ2n) is 4.42. The number of hydrogen-bond acceptors (Lipinski definition) is 4. The number of nitrogens with one attached hydrogen (secondary N) is 1. The zero-order valence-electron chi connectivity index (χ0n) is 11.5. The van der Waals surface area contributed by atoms with Gasteiger partial charge in [0, 0.05) is 38.2 Å². The second kappa shape index (κ2) is 6.85. The van der Waals surface area contributed by atoms with Crippen LogP contribution in [-0.2, 0) is 13.1 Å². The van der Waals surface area contributed by atoms with Gasteiger partial charge < -0.3 is 10.2 Å². The van der Waals surface area contributed by atoms with E-state index in [4.69, 9.17) is 0 Å². The fraction of sp³-hybridized carbons (Fsp3) is 0.333. The summed E-state index contributed by atoms with van der Waals surface area (Å²) in [6.07, 6.45) is 5.53. The van der Waals surface area contributed by atoms with Crippen molar-refractivity contribution in [1.29, 1.82) is 0 Å². The number of hydrogen-bond donors (Lipinski definition) is 1. The van der Waals surface area contributed by atoms with E-state index < -0.39 is 0 Å². The number of aromatic nitrogens is 2. The summed E-state index contributed by atoms with van der Waals surface area (Å²) in [5, 5.41) is 3.16. The van der Waals surface area contributed by atoms with Crippen molar-refractivity contribution in [1.82, 2.24) is 15.3 Å². The van der Waals surface area contributed by atoms with Gasteiger partial charge in [0.2, 0.25) is 0 Å². The van der Waals surface area contributed by atoms with Gasteiger partial charge in [-0.1, -0.05) is 0 Å². The lowest BCUT2D eigenvalue weighted by atomic mass is 10.2. The van der Waals surface area contributed by atoms with Crippen LogP contribution in [0, 0.1) is 0 Å². The fourth-order valence-electron chi connectivity index (χ4n) is 2.01. The number of pyridine rings is 2.